The van der Waals surface area contributed by atoms with Crippen molar-refractivity contribution in [3.63, 3.8) is 0 Å². The highest BCUT2D eigenvalue weighted by atomic mass is 32.1. The van der Waals surface area contributed by atoms with Gasteiger partial charge in [0.05, 0.1) is 11.1 Å². The van der Waals surface area contributed by atoms with Gasteiger partial charge in [0.1, 0.15) is 5.82 Å². The highest BCUT2D eigenvalue weighted by molar-refractivity contribution is 7.80. The fraction of sp³-hybridized carbons (Fsp3) is 0.333. The van der Waals surface area contributed by atoms with E-state index < -0.39 is 5.97 Å². The van der Waals surface area contributed by atoms with Gasteiger partial charge in [-0.2, -0.15) is 4.98 Å². The second-order valence-electron chi connectivity index (χ2n) is 8.46. The molecule has 1 saturated carbocycles. The monoisotopic (exact) mass is 464 g/mol. The molecule has 0 spiro atoms. The van der Waals surface area contributed by atoms with Gasteiger partial charge in [-0.25, -0.2) is 9.78 Å². The first kappa shape index (κ1) is 22.7. The quantitative estimate of drug-likeness (QED) is 0.402. The van der Waals surface area contributed by atoms with Crippen LogP contribution in [0.25, 0.3) is 10.9 Å². The van der Waals surface area contributed by atoms with Gasteiger partial charge in [0.2, 0.25) is 5.95 Å². The molecular weight excluding hydrogens is 436 g/mol. The molecule has 1 aromatic heterocycles. The number of carboxylic acid groups (broad SMARTS) is 1. The van der Waals surface area contributed by atoms with E-state index in [1.165, 1.54) is 0 Å². The van der Waals surface area contributed by atoms with Crippen molar-refractivity contribution >= 4 is 51.7 Å². The van der Waals surface area contributed by atoms with Gasteiger partial charge in [0.25, 0.3) is 0 Å². The first-order valence-electron chi connectivity index (χ1n) is 11.0. The lowest BCUT2D eigenvalue weighted by atomic mass is 9.91. The molecule has 33 heavy (non-hydrogen) atoms. The van der Waals surface area contributed by atoms with E-state index in [2.05, 4.69) is 16.0 Å². The summed E-state index contributed by atoms with van der Waals surface area (Å²) in [4.78, 5) is 22.4. The van der Waals surface area contributed by atoms with Gasteiger partial charge in [-0.3, -0.25) is 0 Å². The first-order chi connectivity index (χ1) is 15.9. The average Bonchev–Trinajstić information content (AvgIpc) is 2.80. The Morgan fingerprint density at radius 1 is 1.00 bits per heavy atom. The number of para-hydroxylation sites is 1. The molecule has 0 amide bonds. The summed E-state index contributed by atoms with van der Waals surface area (Å²) in [5, 5.41) is 20.6. The SMILES string of the molecule is CN(C)c1nc(NC2CCC(NC(=S)Nc3ccc(C(=O)O)cc3)CC2)nc2ccccc12. The minimum Gasteiger partial charge on any atom is -0.478 e. The lowest BCUT2D eigenvalue weighted by Gasteiger charge is -2.30. The number of carbonyl (C=O) groups is 1. The van der Waals surface area contributed by atoms with Crippen molar-refractivity contribution in [2.75, 3.05) is 29.6 Å². The number of hydrogen-bond acceptors (Lipinski definition) is 6. The summed E-state index contributed by atoms with van der Waals surface area (Å²) in [6, 6.07) is 15.2. The van der Waals surface area contributed by atoms with E-state index in [4.69, 9.17) is 27.3 Å². The minimum atomic E-state index is -0.945. The van der Waals surface area contributed by atoms with Crippen LogP contribution >= 0.6 is 12.2 Å². The highest BCUT2D eigenvalue weighted by Crippen LogP contribution is 2.26. The van der Waals surface area contributed by atoms with E-state index in [0.29, 0.717) is 17.1 Å². The zero-order chi connectivity index (χ0) is 23.4. The van der Waals surface area contributed by atoms with Gasteiger partial charge in [-0.05, 0) is 74.3 Å². The van der Waals surface area contributed by atoms with Crippen LogP contribution in [0.4, 0.5) is 17.5 Å². The molecule has 1 fully saturated rings. The molecule has 1 aliphatic carbocycles. The van der Waals surface area contributed by atoms with E-state index in [1.54, 1.807) is 24.3 Å². The summed E-state index contributed by atoms with van der Waals surface area (Å²) < 4.78 is 0. The molecule has 172 valence electrons. The Labute approximate surface area is 198 Å². The fourth-order valence-electron chi connectivity index (χ4n) is 4.08. The summed E-state index contributed by atoms with van der Waals surface area (Å²) in [6.45, 7) is 0. The van der Waals surface area contributed by atoms with Crippen molar-refractivity contribution in [3.8, 4) is 0 Å². The molecule has 2 aromatic carbocycles. The number of fused-ring (bicyclic) bond motifs is 1. The molecule has 0 unspecified atom stereocenters. The Morgan fingerprint density at radius 3 is 2.33 bits per heavy atom. The summed E-state index contributed by atoms with van der Waals surface area (Å²) in [5.41, 5.74) is 1.94. The van der Waals surface area contributed by atoms with Gasteiger partial charge in [0, 0.05) is 37.3 Å². The van der Waals surface area contributed by atoms with E-state index in [9.17, 15) is 4.79 Å². The van der Waals surface area contributed by atoms with Gasteiger partial charge in [0.15, 0.2) is 5.11 Å². The van der Waals surface area contributed by atoms with Crippen LogP contribution in [0.3, 0.4) is 0 Å². The van der Waals surface area contributed by atoms with Crippen LogP contribution in [0.15, 0.2) is 48.5 Å². The summed E-state index contributed by atoms with van der Waals surface area (Å²) in [7, 11) is 3.99. The number of rotatable bonds is 6. The third-order valence-electron chi connectivity index (χ3n) is 5.79. The maximum Gasteiger partial charge on any atom is 0.335 e. The van der Waals surface area contributed by atoms with Gasteiger partial charge >= 0.3 is 5.97 Å². The molecule has 1 heterocycles. The summed E-state index contributed by atoms with van der Waals surface area (Å²) >= 11 is 5.44. The topological polar surface area (TPSA) is 102 Å². The number of hydrogen-bond donors (Lipinski definition) is 4. The molecule has 4 N–H and O–H groups in total. The minimum absolute atomic E-state index is 0.248. The lowest BCUT2D eigenvalue weighted by molar-refractivity contribution is 0.0697. The van der Waals surface area contributed by atoms with E-state index in [-0.39, 0.29) is 11.6 Å². The number of thiocarbonyl (C=S) groups is 1. The Bertz CT molecular complexity index is 1140. The standard InChI is InChI=1S/C24H28N6O2S/c1-30(2)21-19-5-3-4-6-20(19)28-23(29-21)25-16-11-13-18(14-12-16)27-24(33)26-17-9-7-15(8-10-17)22(31)32/h3-10,16,18H,11-14H2,1-2H3,(H,31,32)(H,25,28,29)(H2,26,27,33). The van der Waals surface area contributed by atoms with Crippen LogP contribution in [0.2, 0.25) is 0 Å². The highest BCUT2D eigenvalue weighted by Gasteiger charge is 2.23. The average molecular weight is 465 g/mol. The molecule has 1 aliphatic rings. The molecule has 9 heteroatoms. The van der Waals surface area contributed by atoms with E-state index >= 15 is 0 Å². The first-order valence-corrected chi connectivity index (χ1v) is 11.4. The molecule has 0 aliphatic heterocycles. The predicted octanol–water partition coefficient (Wildman–Crippen LogP) is 4.10. The van der Waals surface area contributed by atoms with Crippen LogP contribution < -0.4 is 20.9 Å². The Kier molecular flexibility index (Phi) is 6.88. The van der Waals surface area contributed by atoms with E-state index in [1.807, 2.05) is 43.3 Å². The molecule has 0 atom stereocenters. The largest absolute Gasteiger partial charge is 0.478 e. The molecule has 8 nitrogen and oxygen atoms in total. The molecule has 3 aromatic rings. The maximum absolute atomic E-state index is 11.0. The Morgan fingerprint density at radius 2 is 1.67 bits per heavy atom. The number of nitrogens with one attached hydrogen (secondary N) is 3. The predicted molar refractivity (Wildman–Crippen MR) is 136 cm³/mol. The van der Waals surface area contributed by atoms with E-state index in [0.717, 1.165) is 48.1 Å². The van der Waals surface area contributed by atoms with Crippen LogP contribution in [-0.4, -0.2) is 52.3 Å². The third kappa shape index (κ3) is 5.67. The van der Waals surface area contributed by atoms with Crippen LogP contribution in [0.5, 0.6) is 0 Å². The van der Waals surface area contributed by atoms with Crippen LogP contribution in [-0.2, 0) is 0 Å². The molecule has 0 bridgehead atoms. The van der Waals surface area contributed by atoms with Crippen molar-refractivity contribution in [2.45, 2.75) is 37.8 Å². The molecule has 4 rings (SSSR count). The normalized spacial score (nSPS) is 17.9. The van der Waals surface area contributed by atoms with Crippen LogP contribution in [0, 0.1) is 0 Å². The van der Waals surface area contributed by atoms with Crippen molar-refractivity contribution in [1.82, 2.24) is 15.3 Å². The lowest BCUT2D eigenvalue weighted by Crippen LogP contribution is -2.42. The summed E-state index contributed by atoms with van der Waals surface area (Å²) in [5.74, 6) is 0.627. The number of aromatic nitrogens is 2. The second kappa shape index (κ2) is 9.99. The van der Waals surface area contributed by atoms with Crippen molar-refractivity contribution in [3.05, 3.63) is 54.1 Å². The Balaban J connectivity index is 1.30. The molecule has 0 saturated heterocycles. The number of benzene rings is 2. The number of carboxylic acids is 1. The van der Waals surface area contributed by atoms with Gasteiger partial charge in [-0.1, -0.05) is 12.1 Å². The Hall–Kier alpha value is -3.46. The maximum atomic E-state index is 11.0. The van der Waals surface area contributed by atoms with Crippen LogP contribution in [0.1, 0.15) is 36.0 Å². The smallest absolute Gasteiger partial charge is 0.335 e. The number of nitrogens with zero attached hydrogens (tertiary/aromatic N) is 3. The van der Waals surface area contributed by atoms with Gasteiger partial charge in [-0.15, -0.1) is 0 Å². The molecule has 0 radical (unpaired) electrons. The van der Waals surface area contributed by atoms with Crippen molar-refractivity contribution in [2.24, 2.45) is 0 Å². The molecular formula is C24H28N6O2S. The number of anilines is 3. The second-order valence-corrected chi connectivity index (χ2v) is 8.86. The number of aromatic carboxylic acids is 1. The fourth-order valence-corrected chi connectivity index (χ4v) is 4.36. The third-order valence-corrected chi connectivity index (χ3v) is 6.01. The van der Waals surface area contributed by atoms with Crippen molar-refractivity contribution < 1.29 is 9.90 Å². The zero-order valence-corrected chi connectivity index (χ0v) is 19.5. The zero-order valence-electron chi connectivity index (χ0n) is 18.7. The van der Waals surface area contributed by atoms with Gasteiger partial charge < -0.3 is 26.0 Å². The summed E-state index contributed by atoms with van der Waals surface area (Å²) in [6.07, 6.45) is 3.93. The van der Waals surface area contributed by atoms with Crippen molar-refractivity contribution in [1.29, 1.82) is 0 Å².